The lowest BCUT2D eigenvalue weighted by atomic mass is 9.92. The maximum absolute atomic E-state index is 10.2. The number of aliphatic hydroxyl groups excluding tert-OH is 1. The van der Waals surface area contributed by atoms with Crippen LogP contribution >= 0.6 is 0 Å². The summed E-state index contributed by atoms with van der Waals surface area (Å²) in [6.07, 6.45) is 4.66. The van der Waals surface area contributed by atoms with Gasteiger partial charge in [-0.15, -0.1) is 0 Å². The predicted molar refractivity (Wildman–Crippen MR) is 83.9 cm³/mol. The van der Waals surface area contributed by atoms with Crippen LogP contribution in [0, 0.1) is 6.92 Å². The summed E-state index contributed by atoms with van der Waals surface area (Å²) >= 11 is 0. The molecule has 0 aromatic carbocycles. The van der Waals surface area contributed by atoms with Gasteiger partial charge in [0.15, 0.2) is 0 Å². The van der Waals surface area contributed by atoms with Crippen LogP contribution in [0.15, 0.2) is 6.20 Å². The molecule has 2 heterocycles. The molecule has 2 N–H and O–H groups in total. The maximum atomic E-state index is 10.2. The highest BCUT2D eigenvalue weighted by molar-refractivity contribution is 5.22. The second-order valence-corrected chi connectivity index (χ2v) is 6.30. The largest absolute Gasteiger partial charge is 0.390 e. The third-order valence-electron chi connectivity index (χ3n) is 4.49. The first-order chi connectivity index (χ1) is 10.7. The summed E-state index contributed by atoms with van der Waals surface area (Å²) in [6.45, 7) is 6.70. The predicted octanol–water partition coefficient (Wildman–Crippen LogP) is -0.0750. The van der Waals surface area contributed by atoms with Crippen molar-refractivity contribution in [1.29, 1.82) is 0 Å². The van der Waals surface area contributed by atoms with E-state index in [1.54, 1.807) is 0 Å². The van der Waals surface area contributed by atoms with Gasteiger partial charge in [-0.2, -0.15) is 0 Å². The second kappa shape index (κ2) is 7.46. The third kappa shape index (κ3) is 4.23. The number of ether oxygens (including phenoxy) is 1. The van der Waals surface area contributed by atoms with Crippen molar-refractivity contribution in [1.82, 2.24) is 20.2 Å². The lowest BCUT2D eigenvalue weighted by Crippen LogP contribution is -2.46. The molecule has 22 heavy (non-hydrogen) atoms. The second-order valence-electron chi connectivity index (χ2n) is 6.30. The number of nitrogens with one attached hydrogen (secondary N) is 1. The van der Waals surface area contributed by atoms with E-state index in [-0.39, 0.29) is 6.10 Å². The number of aryl methyl sites for hydroxylation is 2. The van der Waals surface area contributed by atoms with Gasteiger partial charge in [0, 0.05) is 44.1 Å². The number of β-amino-alcohol motifs (C(OH)–C–C–N with tert-alkyl or cyclic N) is 1. The van der Waals surface area contributed by atoms with E-state index in [9.17, 15) is 5.11 Å². The van der Waals surface area contributed by atoms with Gasteiger partial charge in [-0.3, -0.25) is 4.90 Å². The smallest absolute Gasteiger partial charge is 0.125 e. The van der Waals surface area contributed by atoms with Gasteiger partial charge in [-0.25, -0.2) is 9.97 Å². The van der Waals surface area contributed by atoms with E-state index in [0.29, 0.717) is 12.6 Å². The maximum Gasteiger partial charge on any atom is 0.125 e. The Hall–Kier alpha value is -1.08. The topological polar surface area (TPSA) is 70.5 Å². The minimum Gasteiger partial charge on any atom is -0.390 e. The molecule has 0 saturated carbocycles. The van der Waals surface area contributed by atoms with E-state index in [4.69, 9.17) is 4.74 Å². The average Bonchev–Trinajstić information content (AvgIpc) is 2.54. The molecule has 1 aromatic rings. The molecular weight excluding hydrogens is 280 g/mol. The van der Waals surface area contributed by atoms with Crippen LogP contribution in [0.1, 0.15) is 23.5 Å². The van der Waals surface area contributed by atoms with Crippen molar-refractivity contribution in [2.24, 2.45) is 0 Å². The van der Waals surface area contributed by atoms with E-state index in [2.05, 4.69) is 20.2 Å². The van der Waals surface area contributed by atoms with Crippen molar-refractivity contribution < 1.29 is 9.84 Å². The highest BCUT2D eigenvalue weighted by Crippen LogP contribution is 2.19. The zero-order valence-corrected chi connectivity index (χ0v) is 13.3. The molecule has 2 aliphatic rings. The van der Waals surface area contributed by atoms with Crippen molar-refractivity contribution in [3.63, 3.8) is 0 Å². The fourth-order valence-electron chi connectivity index (χ4n) is 3.23. The normalized spacial score (nSPS) is 24.0. The molecule has 2 unspecified atom stereocenters. The van der Waals surface area contributed by atoms with E-state index >= 15 is 0 Å². The Kier molecular flexibility index (Phi) is 5.36. The summed E-state index contributed by atoms with van der Waals surface area (Å²) in [6, 6.07) is 0.415. The van der Waals surface area contributed by atoms with Crippen LogP contribution in [-0.4, -0.2) is 71.5 Å². The quantitative estimate of drug-likeness (QED) is 0.793. The molecule has 1 aromatic heterocycles. The van der Waals surface area contributed by atoms with Gasteiger partial charge in [-0.05, 0) is 31.7 Å². The number of hydrogen-bond donors (Lipinski definition) is 2. The molecule has 1 aliphatic carbocycles. The Morgan fingerprint density at radius 1 is 1.45 bits per heavy atom. The van der Waals surface area contributed by atoms with Gasteiger partial charge < -0.3 is 15.2 Å². The first kappa shape index (κ1) is 15.8. The fraction of sp³-hybridized carbons (Fsp3) is 0.750. The van der Waals surface area contributed by atoms with Gasteiger partial charge in [-0.1, -0.05) is 0 Å². The van der Waals surface area contributed by atoms with Gasteiger partial charge in [0.2, 0.25) is 0 Å². The monoisotopic (exact) mass is 306 g/mol. The molecule has 3 rings (SSSR count). The van der Waals surface area contributed by atoms with Crippen molar-refractivity contribution in [2.75, 3.05) is 39.4 Å². The lowest BCUT2D eigenvalue weighted by molar-refractivity contribution is 0.0144. The first-order valence-electron chi connectivity index (χ1n) is 8.23. The number of nitrogens with zero attached hydrogens (tertiary/aromatic N) is 3. The SMILES string of the molecule is Cc1ncc2c(n1)CCC(NCC(O)CN1CCOCC1)C2. The molecule has 6 heteroatoms. The summed E-state index contributed by atoms with van der Waals surface area (Å²) in [5.41, 5.74) is 2.44. The van der Waals surface area contributed by atoms with Crippen molar-refractivity contribution in [2.45, 2.75) is 38.3 Å². The van der Waals surface area contributed by atoms with Crippen LogP contribution in [0.4, 0.5) is 0 Å². The fourth-order valence-corrected chi connectivity index (χ4v) is 3.23. The standard InChI is InChI=1S/C16H26N4O2/c1-12-17-9-13-8-14(2-3-16(13)19-12)18-10-15(21)11-20-4-6-22-7-5-20/h9,14-15,18,21H,2-8,10-11H2,1H3. The lowest BCUT2D eigenvalue weighted by Gasteiger charge is -2.30. The van der Waals surface area contributed by atoms with Crippen LogP contribution < -0.4 is 5.32 Å². The molecule has 1 fully saturated rings. The number of morpholine rings is 1. The molecular formula is C16H26N4O2. The minimum atomic E-state index is -0.325. The molecule has 122 valence electrons. The van der Waals surface area contributed by atoms with E-state index in [1.165, 1.54) is 11.3 Å². The van der Waals surface area contributed by atoms with Gasteiger partial charge >= 0.3 is 0 Å². The van der Waals surface area contributed by atoms with Crippen LogP contribution in [0.3, 0.4) is 0 Å². The number of aliphatic hydroxyl groups is 1. The summed E-state index contributed by atoms with van der Waals surface area (Å²) in [5, 5.41) is 13.7. The molecule has 6 nitrogen and oxygen atoms in total. The number of aromatic nitrogens is 2. The summed E-state index contributed by atoms with van der Waals surface area (Å²) in [5.74, 6) is 0.853. The highest BCUT2D eigenvalue weighted by Gasteiger charge is 2.21. The molecule has 0 amide bonds. The Morgan fingerprint density at radius 3 is 3.09 bits per heavy atom. The van der Waals surface area contributed by atoms with Gasteiger partial charge in [0.05, 0.1) is 19.3 Å². The Morgan fingerprint density at radius 2 is 2.27 bits per heavy atom. The zero-order valence-electron chi connectivity index (χ0n) is 13.3. The average molecular weight is 306 g/mol. The zero-order chi connectivity index (χ0) is 15.4. The summed E-state index contributed by atoms with van der Waals surface area (Å²) in [4.78, 5) is 11.1. The molecule has 2 atom stereocenters. The Balaban J connectivity index is 1.43. The van der Waals surface area contributed by atoms with Crippen LogP contribution in [0.25, 0.3) is 0 Å². The number of rotatable bonds is 5. The van der Waals surface area contributed by atoms with E-state index < -0.39 is 0 Å². The molecule has 0 radical (unpaired) electrons. The van der Waals surface area contributed by atoms with Gasteiger partial charge in [0.1, 0.15) is 5.82 Å². The Bertz CT molecular complexity index is 491. The summed E-state index contributed by atoms with van der Waals surface area (Å²) in [7, 11) is 0. The first-order valence-corrected chi connectivity index (χ1v) is 8.23. The molecule has 0 bridgehead atoms. The number of hydrogen-bond acceptors (Lipinski definition) is 6. The van der Waals surface area contributed by atoms with E-state index in [0.717, 1.165) is 57.9 Å². The number of fused-ring (bicyclic) bond motifs is 1. The molecule has 1 saturated heterocycles. The molecule has 0 spiro atoms. The molecule has 1 aliphatic heterocycles. The van der Waals surface area contributed by atoms with E-state index in [1.807, 2.05) is 13.1 Å². The Labute approximate surface area is 131 Å². The van der Waals surface area contributed by atoms with Gasteiger partial charge in [0.25, 0.3) is 0 Å². The van der Waals surface area contributed by atoms with Crippen LogP contribution in [-0.2, 0) is 17.6 Å². The van der Waals surface area contributed by atoms with Crippen molar-refractivity contribution in [3.8, 4) is 0 Å². The van der Waals surface area contributed by atoms with Crippen molar-refractivity contribution in [3.05, 3.63) is 23.3 Å². The minimum absolute atomic E-state index is 0.325. The van der Waals surface area contributed by atoms with Crippen molar-refractivity contribution >= 4 is 0 Å². The van der Waals surface area contributed by atoms with Crippen LogP contribution in [0.2, 0.25) is 0 Å². The van der Waals surface area contributed by atoms with Crippen LogP contribution in [0.5, 0.6) is 0 Å². The summed E-state index contributed by atoms with van der Waals surface area (Å²) < 4.78 is 5.33. The third-order valence-corrected chi connectivity index (χ3v) is 4.49. The highest BCUT2D eigenvalue weighted by atomic mass is 16.5.